The number of nitrogens with zero attached hydrogens (tertiary/aromatic N) is 2. The molecule has 32 heavy (non-hydrogen) atoms. The number of phenols is 1. The number of phenolic OH excluding ortho intramolecular Hbond substituents is 1. The molecule has 4 rings (SSSR count). The van der Waals surface area contributed by atoms with Gasteiger partial charge in [0.05, 0.1) is 24.4 Å². The number of amides is 1. The summed E-state index contributed by atoms with van der Waals surface area (Å²) in [6.07, 6.45) is 0.530. The van der Waals surface area contributed by atoms with E-state index in [-0.39, 0.29) is 17.4 Å². The first-order valence-electron chi connectivity index (χ1n) is 10.1. The van der Waals surface area contributed by atoms with Crippen molar-refractivity contribution in [3.8, 4) is 11.5 Å². The summed E-state index contributed by atoms with van der Waals surface area (Å²) in [5.41, 5.74) is 2.77. The van der Waals surface area contributed by atoms with Crippen LogP contribution in [0.5, 0.6) is 11.5 Å². The smallest absolute Gasteiger partial charge is 0.338 e. The highest BCUT2D eigenvalue weighted by molar-refractivity contribution is 6.03. The molecule has 1 heterocycles. The zero-order valence-corrected chi connectivity index (χ0v) is 17.5. The summed E-state index contributed by atoms with van der Waals surface area (Å²) in [5, 5.41) is 15.5. The molecule has 3 aromatic rings. The van der Waals surface area contributed by atoms with E-state index in [1.807, 2.05) is 54.6 Å². The third kappa shape index (κ3) is 4.62. The lowest BCUT2D eigenvalue weighted by Crippen LogP contribution is -2.31. The van der Waals surface area contributed by atoms with Gasteiger partial charge in [-0.2, -0.15) is 5.10 Å². The summed E-state index contributed by atoms with van der Waals surface area (Å²) < 4.78 is 10.4. The molecule has 0 aromatic heterocycles. The van der Waals surface area contributed by atoms with Gasteiger partial charge in [0.1, 0.15) is 11.5 Å². The minimum Gasteiger partial charge on any atom is -0.508 e. The Labute approximate surface area is 185 Å². The second kappa shape index (κ2) is 9.34. The van der Waals surface area contributed by atoms with E-state index >= 15 is 0 Å². The number of esters is 1. The number of carbonyl (C=O) groups excluding carboxylic acids is 2. The lowest BCUT2D eigenvalue weighted by Gasteiger charge is -2.22. The van der Waals surface area contributed by atoms with Gasteiger partial charge < -0.3 is 14.6 Å². The van der Waals surface area contributed by atoms with Crippen molar-refractivity contribution in [1.82, 2.24) is 5.01 Å². The van der Waals surface area contributed by atoms with Gasteiger partial charge >= 0.3 is 5.97 Å². The number of aromatic hydroxyl groups is 1. The van der Waals surface area contributed by atoms with Gasteiger partial charge in [-0.05, 0) is 41.5 Å². The number of benzene rings is 3. The number of hydrogen-bond donors (Lipinski definition) is 1. The molecule has 7 nitrogen and oxygen atoms in total. The quantitative estimate of drug-likeness (QED) is 0.599. The number of hydrazone groups is 1. The normalized spacial score (nSPS) is 15.2. The van der Waals surface area contributed by atoms with Gasteiger partial charge in [0.25, 0.3) is 5.91 Å². The summed E-state index contributed by atoms with van der Waals surface area (Å²) in [5.74, 6) is -0.470. The molecule has 1 aliphatic heterocycles. The molecule has 1 N–H and O–H groups in total. The van der Waals surface area contributed by atoms with Crippen molar-refractivity contribution >= 4 is 17.6 Å². The van der Waals surface area contributed by atoms with Crippen molar-refractivity contribution in [3.63, 3.8) is 0 Å². The Kier molecular flexibility index (Phi) is 6.17. The highest BCUT2D eigenvalue weighted by Crippen LogP contribution is 2.33. The molecule has 0 radical (unpaired) electrons. The van der Waals surface area contributed by atoms with Gasteiger partial charge in [-0.3, -0.25) is 4.79 Å². The maximum Gasteiger partial charge on any atom is 0.338 e. The van der Waals surface area contributed by atoms with E-state index in [1.165, 1.54) is 29.3 Å². The van der Waals surface area contributed by atoms with Crippen LogP contribution < -0.4 is 4.74 Å². The Bertz CT molecular complexity index is 1140. The van der Waals surface area contributed by atoms with Crippen molar-refractivity contribution in [1.29, 1.82) is 0 Å². The average molecular weight is 430 g/mol. The summed E-state index contributed by atoms with van der Waals surface area (Å²) in [7, 11) is 1.60. The van der Waals surface area contributed by atoms with Crippen LogP contribution in [-0.2, 0) is 9.53 Å². The Balaban J connectivity index is 1.54. The van der Waals surface area contributed by atoms with Crippen LogP contribution >= 0.6 is 0 Å². The Morgan fingerprint density at radius 3 is 2.47 bits per heavy atom. The molecule has 0 fully saturated rings. The lowest BCUT2D eigenvalue weighted by atomic mass is 9.98. The summed E-state index contributed by atoms with van der Waals surface area (Å²) in [6.45, 7) is -0.466. The first-order valence-corrected chi connectivity index (χ1v) is 10.1. The molecule has 1 atom stereocenters. The van der Waals surface area contributed by atoms with Crippen LogP contribution in [0.15, 0.2) is 84.0 Å². The number of ether oxygens (including phenoxy) is 2. The van der Waals surface area contributed by atoms with Crippen LogP contribution in [0.2, 0.25) is 0 Å². The zero-order valence-electron chi connectivity index (χ0n) is 17.5. The molecule has 1 amide bonds. The van der Waals surface area contributed by atoms with E-state index in [9.17, 15) is 14.7 Å². The van der Waals surface area contributed by atoms with E-state index in [2.05, 4.69) is 5.10 Å². The number of hydrogen-bond acceptors (Lipinski definition) is 6. The summed E-state index contributed by atoms with van der Waals surface area (Å²) in [6, 6.07) is 22.5. The van der Waals surface area contributed by atoms with Crippen LogP contribution in [0.1, 0.15) is 33.9 Å². The molecule has 0 unspecified atom stereocenters. The van der Waals surface area contributed by atoms with Crippen molar-refractivity contribution in [2.24, 2.45) is 5.10 Å². The van der Waals surface area contributed by atoms with Crippen molar-refractivity contribution in [2.75, 3.05) is 13.7 Å². The van der Waals surface area contributed by atoms with Gasteiger partial charge in [0, 0.05) is 6.42 Å². The maximum atomic E-state index is 13.0. The number of rotatable bonds is 6. The first-order chi connectivity index (χ1) is 15.5. The van der Waals surface area contributed by atoms with Gasteiger partial charge in [0.2, 0.25) is 0 Å². The predicted molar refractivity (Wildman–Crippen MR) is 119 cm³/mol. The average Bonchev–Trinajstić information content (AvgIpc) is 3.28. The Hall–Kier alpha value is -4.13. The van der Waals surface area contributed by atoms with Crippen LogP contribution in [-0.4, -0.2) is 41.4 Å². The van der Waals surface area contributed by atoms with Crippen LogP contribution in [0.25, 0.3) is 0 Å². The molecular formula is C25H22N2O5. The minimum atomic E-state index is -0.693. The largest absolute Gasteiger partial charge is 0.508 e. The predicted octanol–water partition coefficient (Wildman–Crippen LogP) is 3.94. The maximum absolute atomic E-state index is 13.0. The van der Waals surface area contributed by atoms with Crippen molar-refractivity contribution in [2.45, 2.75) is 12.5 Å². The van der Waals surface area contributed by atoms with E-state index < -0.39 is 18.5 Å². The van der Waals surface area contributed by atoms with Crippen LogP contribution in [0, 0.1) is 0 Å². The Morgan fingerprint density at radius 1 is 1.03 bits per heavy atom. The first kappa shape index (κ1) is 21.1. The third-order valence-electron chi connectivity index (χ3n) is 5.18. The van der Waals surface area contributed by atoms with Gasteiger partial charge in [-0.1, -0.05) is 48.5 Å². The lowest BCUT2D eigenvalue weighted by molar-refractivity contribution is -0.136. The molecule has 0 saturated carbocycles. The Morgan fingerprint density at radius 2 is 1.78 bits per heavy atom. The molecule has 0 saturated heterocycles. The zero-order chi connectivity index (χ0) is 22.5. The number of methoxy groups -OCH3 is 1. The fourth-order valence-corrected chi connectivity index (χ4v) is 3.54. The summed E-state index contributed by atoms with van der Waals surface area (Å²) >= 11 is 0. The second-order valence-electron chi connectivity index (χ2n) is 7.27. The van der Waals surface area contributed by atoms with Gasteiger partial charge in [-0.15, -0.1) is 0 Å². The summed E-state index contributed by atoms with van der Waals surface area (Å²) in [4.78, 5) is 25.3. The molecule has 7 heteroatoms. The minimum absolute atomic E-state index is 0.0537. The second-order valence-corrected chi connectivity index (χ2v) is 7.27. The highest BCUT2D eigenvalue weighted by atomic mass is 16.5. The van der Waals surface area contributed by atoms with Crippen molar-refractivity contribution < 1.29 is 24.2 Å². The van der Waals surface area contributed by atoms with Gasteiger partial charge in [0.15, 0.2) is 6.61 Å². The topological polar surface area (TPSA) is 88.4 Å². The van der Waals surface area contributed by atoms with Gasteiger partial charge in [-0.25, -0.2) is 9.80 Å². The molecule has 0 bridgehead atoms. The molecule has 0 spiro atoms. The monoisotopic (exact) mass is 430 g/mol. The standard InChI is InChI=1S/C25H22N2O5/c1-31-21-12-10-18(11-13-21)23-15-22(17-6-3-2-4-7-17)26-27(23)24(29)16-32-25(30)19-8-5-9-20(28)14-19/h2-14,23,28H,15-16H2,1H3/t23-/m0/s1. The van der Waals surface area contributed by atoms with E-state index in [4.69, 9.17) is 9.47 Å². The third-order valence-corrected chi connectivity index (χ3v) is 5.18. The van der Waals surface area contributed by atoms with E-state index in [0.29, 0.717) is 12.2 Å². The SMILES string of the molecule is COc1ccc([C@@H]2CC(c3ccccc3)=NN2C(=O)COC(=O)c2cccc(O)c2)cc1. The van der Waals surface area contributed by atoms with E-state index in [0.717, 1.165) is 16.8 Å². The fourth-order valence-electron chi connectivity index (χ4n) is 3.54. The molecule has 162 valence electrons. The van der Waals surface area contributed by atoms with Crippen LogP contribution in [0.3, 0.4) is 0 Å². The molecule has 3 aromatic carbocycles. The molecule has 0 aliphatic carbocycles. The van der Waals surface area contributed by atoms with Crippen molar-refractivity contribution in [3.05, 3.63) is 95.6 Å². The fraction of sp³-hybridized carbons (Fsp3) is 0.160. The highest BCUT2D eigenvalue weighted by Gasteiger charge is 2.33. The van der Waals surface area contributed by atoms with E-state index in [1.54, 1.807) is 7.11 Å². The van der Waals surface area contributed by atoms with Crippen LogP contribution in [0.4, 0.5) is 0 Å². The molecular weight excluding hydrogens is 408 g/mol. The molecule has 1 aliphatic rings. The number of carbonyl (C=O) groups is 2.